The zero-order chi connectivity index (χ0) is 18.9. The number of aliphatic hydroxyl groups is 2. The second-order valence-corrected chi connectivity index (χ2v) is 6.55. The molecule has 2 aromatic rings. The van der Waals surface area contributed by atoms with Gasteiger partial charge in [-0.2, -0.15) is 13.2 Å². The fourth-order valence-electron chi connectivity index (χ4n) is 3.53. The lowest BCUT2D eigenvalue weighted by atomic mass is 9.90. The molecule has 0 saturated carbocycles. The van der Waals surface area contributed by atoms with E-state index in [1.54, 1.807) is 25.1 Å². The largest absolute Gasteiger partial charge is 0.494 e. The highest BCUT2D eigenvalue weighted by Crippen LogP contribution is 2.56. The minimum Gasteiger partial charge on any atom is -0.494 e. The van der Waals surface area contributed by atoms with Crippen molar-refractivity contribution in [3.8, 4) is 16.9 Å². The molecule has 0 heterocycles. The maximum atomic E-state index is 13.8. The van der Waals surface area contributed by atoms with Crippen molar-refractivity contribution >= 4 is 0 Å². The Morgan fingerprint density at radius 2 is 1.77 bits per heavy atom. The number of rotatable bonds is 6. The highest BCUT2D eigenvalue weighted by Gasteiger charge is 2.61. The van der Waals surface area contributed by atoms with Gasteiger partial charge in [-0.05, 0) is 55.0 Å². The van der Waals surface area contributed by atoms with Crippen LogP contribution < -0.4 is 4.74 Å². The van der Waals surface area contributed by atoms with Gasteiger partial charge in [0.25, 0.3) is 0 Å². The molecule has 26 heavy (non-hydrogen) atoms. The lowest BCUT2D eigenvalue weighted by Gasteiger charge is -2.28. The molecule has 0 radical (unpaired) electrons. The van der Waals surface area contributed by atoms with E-state index in [1.165, 1.54) is 18.2 Å². The molecule has 0 spiro atoms. The molecule has 0 amide bonds. The number of aryl methyl sites for hydroxylation is 1. The number of benzene rings is 2. The van der Waals surface area contributed by atoms with E-state index in [1.807, 2.05) is 0 Å². The van der Waals surface area contributed by atoms with Crippen LogP contribution in [-0.2, 0) is 5.60 Å². The molecule has 1 aliphatic rings. The number of hydrogen-bond acceptors (Lipinski definition) is 3. The van der Waals surface area contributed by atoms with Crippen LogP contribution in [0.25, 0.3) is 11.1 Å². The first kappa shape index (κ1) is 18.7. The first-order valence-electron chi connectivity index (χ1n) is 8.58. The van der Waals surface area contributed by atoms with Gasteiger partial charge in [0.15, 0.2) is 0 Å². The standard InChI is InChI=1S/C20H21F3O3/c1-13-11-14(26-10-6-2-5-9-24)12-17-18(13)15-7-3-4-8-16(15)19(17,25)20(21,22)23/h3-4,7-8,11-12,24-25H,2,5-6,9-10H2,1H3. The number of ether oxygens (including phenoxy) is 1. The average Bonchev–Trinajstić information content (AvgIpc) is 2.86. The second-order valence-electron chi connectivity index (χ2n) is 6.55. The van der Waals surface area contributed by atoms with Gasteiger partial charge in [-0.15, -0.1) is 0 Å². The molecule has 3 nitrogen and oxygen atoms in total. The lowest BCUT2D eigenvalue weighted by Crippen LogP contribution is -2.41. The third kappa shape index (κ3) is 2.97. The van der Waals surface area contributed by atoms with Crippen molar-refractivity contribution in [1.82, 2.24) is 0 Å². The number of unbranched alkanes of at least 4 members (excludes halogenated alkanes) is 2. The minimum absolute atomic E-state index is 0.106. The van der Waals surface area contributed by atoms with E-state index in [4.69, 9.17) is 9.84 Å². The molecular formula is C20H21F3O3. The summed E-state index contributed by atoms with van der Waals surface area (Å²) in [6.07, 6.45) is -2.71. The van der Waals surface area contributed by atoms with Gasteiger partial charge in [0.1, 0.15) is 5.75 Å². The van der Waals surface area contributed by atoms with Crippen LogP contribution >= 0.6 is 0 Å². The first-order valence-corrected chi connectivity index (χ1v) is 8.58. The van der Waals surface area contributed by atoms with Crippen molar-refractivity contribution in [2.75, 3.05) is 13.2 Å². The Morgan fingerprint density at radius 3 is 2.46 bits per heavy atom. The van der Waals surface area contributed by atoms with Gasteiger partial charge < -0.3 is 14.9 Å². The summed E-state index contributed by atoms with van der Waals surface area (Å²) in [6.45, 7) is 2.17. The molecule has 1 atom stereocenters. The van der Waals surface area contributed by atoms with Crippen LogP contribution in [0.4, 0.5) is 13.2 Å². The molecular weight excluding hydrogens is 345 g/mol. The number of alkyl halides is 3. The molecule has 2 N–H and O–H groups in total. The average molecular weight is 366 g/mol. The quantitative estimate of drug-likeness (QED) is 0.749. The predicted octanol–water partition coefficient (Wildman–Crippen LogP) is 4.32. The molecule has 140 valence electrons. The van der Waals surface area contributed by atoms with Crippen molar-refractivity contribution in [2.45, 2.75) is 38.0 Å². The fraction of sp³-hybridized carbons (Fsp3) is 0.400. The minimum atomic E-state index is -4.85. The van der Waals surface area contributed by atoms with Gasteiger partial charge in [0.2, 0.25) is 5.60 Å². The van der Waals surface area contributed by atoms with E-state index in [-0.39, 0.29) is 17.7 Å². The van der Waals surface area contributed by atoms with Gasteiger partial charge in [-0.1, -0.05) is 24.3 Å². The van der Waals surface area contributed by atoms with E-state index in [2.05, 4.69) is 0 Å². The van der Waals surface area contributed by atoms with Crippen LogP contribution in [0.3, 0.4) is 0 Å². The Balaban J connectivity index is 2.01. The zero-order valence-electron chi connectivity index (χ0n) is 14.4. The third-order valence-corrected chi connectivity index (χ3v) is 4.77. The summed E-state index contributed by atoms with van der Waals surface area (Å²) in [6, 6.07) is 9.06. The maximum Gasteiger partial charge on any atom is 0.425 e. The molecule has 0 aromatic heterocycles. The Kier molecular flexibility index (Phi) is 4.99. The summed E-state index contributed by atoms with van der Waals surface area (Å²) in [7, 11) is 0. The maximum absolute atomic E-state index is 13.8. The normalized spacial score (nSPS) is 18.5. The Morgan fingerprint density at radius 1 is 1.04 bits per heavy atom. The summed E-state index contributed by atoms with van der Waals surface area (Å²) in [5.41, 5.74) is -1.94. The first-order chi connectivity index (χ1) is 12.3. The molecule has 0 aliphatic heterocycles. The Labute approximate surface area is 150 Å². The summed E-state index contributed by atoms with van der Waals surface area (Å²) < 4.78 is 47.1. The van der Waals surface area contributed by atoms with E-state index in [0.29, 0.717) is 41.9 Å². The molecule has 6 heteroatoms. The van der Waals surface area contributed by atoms with Crippen molar-refractivity contribution in [1.29, 1.82) is 0 Å². The number of fused-ring (bicyclic) bond motifs is 3. The van der Waals surface area contributed by atoms with E-state index >= 15 is 0 Å². The van der Waals surface area contributed by atoms with Gasteiger partial charge >= 0.3 is 6.18 Å². The molecule has 0 saturated heterocycles. The van der Waals surface area contributed by atoms with Crippen LogP contribution in [0.15, 0.2) is 36.4 Å². The molecule has 3 rings (SSSR count). The van der Waals surface area contributed by atoms with Gasteiger partial charge in [0, 0.05) is 17.7 Å². The number of halogens is 3. The van der Waals surface area contributed by atoms with Crippen molar-refractivity contribution < 1.29 is 28.1 Å². The summed E-state index contributed by atoms with van der Waals surface area (Å²) in [5.74, 6) is 0.306. The summed E-state index contributed by atoms with van der Waals surface area (Å²) >= 11 is 0. The number of hydrogen-bond donors (Lipinski definition) is 2. The third-order valence-electron chi connectivity index (χ3n) is 4.77. The van der Waals surface area contributed by atoms with Crippen LogP contribution in [0.2, 0.25) is 0 Å². The van der Waals surface area contributed by atoms with Crippen LogP contribution in [-0.4, -0.2) is 29.6 Å². The lowest BCUT2D eigenvalue weighted by molar-refractivity contribution is -0.246. The highest BCUT2D eigenvalue weighted by molar-refractivity contribution is 5.83. The summed E-state index contributed by atoms with van der Waals surface area (Å²) in [5, 5.41) is 19.5. The van der Waals surface area contributed by atoms with Crippen LogP contribution in [0.1, 0.15) is 36.0 Å². The smallest absolute Gasteiger partial charge is 0.425 e. The zero-order valence-corrected chi connectivity index (χ0v) is 14.4. The topological polar surface area (TPSA) is 49.7 Å². The molecule has 0 fully saturated rings. The highest BCUT2D eigenvalue weighted by atomic mass is 19.4. The van der Waals surface area contributed by atoms with Gasteiger partial charge in [-0.3, -0.25) is 0 Å². The molecule has 2 aromatic carbocycles. The fourth-order valence-corrected chi connectivity index (χ4v) is 3.53. The SMILES string of the molecule is Cc1cc(OCCCCCO)cc2c1-c1ccccc1C2(O)C(F)(F)F. The van der Waals surface area contributed by atoms with Crippen molar-refractivity contribution in [3.63, 3.8) is 0 Å². The molecule has 1 aliphatic carbocycles. The van der Waals surface area contributed by atoms with Crippen LogP contribution in [0.5, 0.6) is 5.75 Å². The molecule has 0 bridgehead atoms. The van der Waals surface area contributed by atoms with E-state index in [0.717, 1.165) is 6.42 Å². The Bertz CT molecular complexity index is 801. The second kappa shape index (κ2) is 6.93. The number of aliphatic hydroxyl groups excluding tert-OH is 1. The summed E-state index contributed by atoms with van der Waals surface area (Å²) in [4.78, 5) is 0. The Hall–Kier alpha value is -2.05. The van der Waals surface area contributed by atoms with Gasteiger partial charge in [-0.25, -0.2) is 0 Å². The van der Waals surface area contributed by atoms with Gasteiger partial charge in [0.05, 0.1) is 6.61 Å². The van der Waals surface area contributed by atoms with Crippen LogP contribution in [0, 0.1) is 6.92 Å². The monoisotopic (exact) mass is 366 g/mol. The van der Waals surface area contributed by atoms with Crippen molar-refractivity contribution in [3.05, 3.63) is 53.1 Å². The van der Waals surface area contributed by atoms with E-state index in [9.17, 15) is 18.3 Å². The van der Waals surface area contributed by atoms with E-state index < -0.39 is 11.8 Å². The molecule has 1 unspecified atom stereocenters. The van der Waals surface area contributed by atoms with Crippen molar-refractivity contribution in [2.24, 2.45) is 0 Å². The predicted molar refractivity (Wildman–Crippen MR) is 92.1 cm³/mol.